The molecule has 2 atom stereocenters. The third kappa shape index (κ3) is 5.89. The van der Waals surface area contributed by atoms with Crippen LogP contribution in [-0.4, -0.2) is 52.0 Å². The van der Waals surface area contributed by atoms with E-state index in [1.54, 1.807) is 7.11 Å². The number of amides is 1. The van der Waals surface area contributed by atoms with Crippen LogP contribution < -0.4 is 10.6 Å². The molecule has 0 radical (unpaired) electrons. The van der Waals surface area contributed by atoms with E-state index in [0.29, 0.717) is 31.8 Å². The molecule has 6 heteroatoms. The lowest BCUT2D eigenvalue weighted by molar-refractivity contribution is -0.136. The summed E-state index contributed by atoms with van der Waals surface area (Å²) in [5.74, 6) is 0.768. The van der Waals surface area contributed by atoms with Gasteiger partial charge in [0.1, 0.15) is 0 Å². The second-order valence-electron chi connectivity index (χ2n) is 6.89. The maximum Gasteiger partial charge on any atom is 0.228 e. The summed E-state index contributed by atoms with van der Waals surface area (Å²) in [6.45, 7) is 5.74. The summed E-state index contributed by atoms with van der Waals surface area (Å²) in [7, 11) is 1.67. The topological polar surface area (TPSA) is 59.6 Å². The van der Waals surface area contributed by atoms with Gasteiger partial charge >= 0.3 is 0 Å². The van der Waals surface area contributed by atoms with Gasteiger partial charge in [0.15, 0.2) is 0 Å². The van der Waals surface area contributed by atoms with Gasteiger partial charge in [-0.15, -0.1) is 12.4 Å². The minimum atomic E-state index is -0.363. The molecule has 136 valence electrons. The summed E-state index contributed by atoms with van der Waals surface area (Å²) in [4.78, 5) is 12.6. The van der Waals surface area contributed by atoms with Crippen molar-refractivity contribution >= 4 is 18.3 Å². The maximum absolute atomic E-state index is 12.6. The second-order valence-corrected chi connectivity index (χ2v) is 6.89. The molecule has 1 aliphatic heterocycles. The van der Waals surface area contributed by atoms with Gasteiger partial charge in [-0.1, -0.05) is 19.8 Å². The molecule has 2 rings (SSSR count). The first-order chi connectivity index (χ1) is 10.7. The molecule has 1 amide bonds. The van der Waals surface area contributed by atoms with E-state index in [2.05, 4.69) is 17.6 Å². The molecule has 2 unspecified atom stereocenters. The molecule has 0 spiro atoms. The number of methoxy groups -OCH3 is 1. The molecule has 0 bridgehead atoms. The Hall–Kier alpha value is -0.360. The molecule has 1 saturated heterocycles. The number of hydrogen-bond acceptors (Lipinski definition) is 4. The number of carbonyl (C=O) groups excluding carboxylic acids is 1. The van der Waals surface area contributed by atoms with Gasteiger partial charge < -0.3 is 20.1 Å². The number of ether oxygens (including phenoxy) is 2. The number of carbonyl (C=O) groups is 1. The van der Waals surface area contributed by atoms with Gasteiger partial charge in [-0.2, -0.15) is 0 Å². The molecule has 0 aromatic heterocycles. The van der Waals surface area contributed by atoms with Crippen molar-refractivity contribution < 1.29 is 14.3 Å². The largest absolute Gasteiger partial charge is 0.384 e. The first-order valence-corrected chi connectivity index (χ1v) is 8.77. The Morgan fingerprint density at radius 1 is 1.26 bits per heavy atom. The van der Waals surface area contributed by atoms with E-state index in [1.165, 1.54) is 19.3 Å². The number of rotatable bonds is 7. The van der Waals surface area contributed by atoms with Crippen molar-refractivity contribution in [1.82, 2.24) is 10.6 Å². The van der Waals surface area contributed by atoms with Crippen molar-refractivity contribution in [3.05, 3.63) is 0 Å². The number of halogens is 1. The molecule has 0 aromatic rings. The molecule has 2 N–H and O–H groups in total. The Bertz CT molecular complexity index is 343. The normalized spacial score (nSPS) is 27.0. The zero-order chi connectivity index (χ0) is 15.8. The quantitative estimate of drug-likeness (QED) is 0.692. The fraction of sp³-hybridized carbons (Fsp3) is 0.941. The van der Waals surface area contributed by atoms with E-state index < -0.39 is 0 Å². The zero-order valence-electron chi connectivity index (χ0n) is 14.6. The molecular weight excluding hydrogens is 316 g/mol. The van der Waals surface area contributed by atoms with Gasteiger partial charge in [-0.05, 0) is 44.7 Å². The van der Waals surface area contributed by atoms with Crippen LogP contribution in [0.2, 0.25) is 0 Å². The van der Waals surface area contributed by atoms with Crippen molar-refractivity contribution in [2.75, 3.05) is 40.0 Å². The minimum absolute atomic E-state index is 0. The third-order valence-electron chi connectivity index (χ3n) is 5.22. The summed E-state index contributed by atoms with van der Waals surface area (Å²) in [5, 5.41) is 6.37. The second kappa shape index (κ2) is 10.5. The standard InChI is InChI=1S/C17H32N2O3.ClH/c1-14-5-3-4-6-15(14)22-12-11-19-16(20)17(13-21-2)7-9-18-10-8-17;/h14-15,18H,3-13H2,1-2H3,(H,19,20);1H. The van der Waals surface area contributed by atoms with Gasteiger partial charge in [0.05, 0.1) is 24.7 Å². The average molecular weight is 349 g/mol. The Kier molecular flexibility index (Phi) is 9.44. The Morgan fingerprint density at radius 3 is 2.61 bits per heavy atom. The first kappa shape index (κ1) is 20.7. The van der Waals surface area contributed by atoms with Gasteiger partial charge in [-0.25, -0.2) is 0 Å². The Morgan fingerprint density at radius 2 is 1.96 bits per heavy atom. The van der Waals surface area contributed by atoms with Crippen molar-refractivity contribution in [3.63, 3.8) is 0 Å². The highest BCUT2D eigenvalue weighted by atomic mass is 35.5. The lowest BCUT2D eigenvalue weighted by atomic mass is 9.78. The Balaban J connectivity index is 0.00000264. The van der Waals surface area contributed by atoms with Crippen molar-refractivity contribution in [2.24, 2.45) is 11.3 Å². The SMILES string of the molecule is COCC1(C(=O)NCCOC2CCCCC2C)CCNCC1.Cl. The molecule has 5 nitrogen and oxygen atoms in total. The molecule has 2 aliphatic rings. The predicted octanol–water partition coefficient (Wildman–Crippen LogP) is 2.14. The highest BCUT2D eigenvalue weighted by Gasteiger charge is 2.39. The van der Waals surface area contributed by atoms with Crippen LogP contribution in [0.15, 0.2) is 0 Å². The highest BCUT2D eigenvalue weighted by Crippen LogP contribution is 2.29. The first-order valence-electron chi connectivity index (χ1n) is 8.77. The van der Waals surface area contributed by atoms with Crippen LogP contribution in [0.5, 0.6) is 0 Å². The number of hydrogen-bond donors (Lipinski definition) is 2. The predicted molar refractivity (Wildman–Crippen MR) is 94.0 cm³/mol. The lowest BCUT2D eigenvalue weighted by Crippen LogP contribution is -2.50. The molecule has 1 saturated carbocycles. The third-order valence-corrected chi connectivity index (χ3v) is 5.22. The smallest absolute Gasteiger partial charge is 0.228 e. The summed E-state index contributed by atoms with van der Waals surface area (Å²) in [6.07, 6.45) is 7.07. The summed E-state index contributed by atoms with van der Waals surface area (Å²) < 4.78 is 11.3. The molecule has 1 aliphatic carbocycles. The van der Waals surface area contributed by atoms with Crippen molar-refractivity contribution in [2.45, 2.75) is 51.6 Å². The van der Waals surface area contributed by atoms with Crippen LogP contribution in [0, 0.1) is 11.3 Å². The van der Waals surface area contributed by atoms with E-state index in [-0.39, 0.29) is 23.7 Å². The van der Waals surface area contributed by atoms with Gasteiger partial charge in [0.2, 0.25) is 5.91 Å². The van der Waals surface area contributed by atoms with E-state index in [1.807, 2.05) is 0 Å². The van der Waals surface area contributed by atoms with Crippen molar-refractivity contribution in [1.29, 1.82) is 0 Å². The Labute approximate surface area is 146 Å². The summed E-state index contributed by atoms with van der Waals surface area (Å²) in [5.41, 5.74) is -0.363. The van der Waals surface area contributed by atoms with Crippen LogP contribution in [-0.2, 0) is 14.3 Å². The van der Waals surface area contributed by atoms with Gasteiger partial charge in [0, 0.05) is 13.7 Å². The zero-order valence-corrected chi connectivity index (χ0v) is 15.4. The summed E-state index contributed by atoms with van der Waals surface area (Å²) >= 11 is 0. The van der Waals surface area contributed by atoms with Crippen LogP contribution >= 0.6 is 12.4 Å². The average Bonchev–Trinajstić information content (AvgIpc) is 2.54. The van der Waals surface area contributed by atoms with Crippen LogP contribution in [0.3, 0.4) is 0 Å². The van der Waals surface area contributed by atoms with Crippen LogP contribution in [0.4, 0.5) is 0 Å². The molecule has 1 heterocycles. The number of piperidine rings is 1. The molecule has 2 fully saturated rings. The maximum atomic E-state index is 12.6. The van der Waals surface area contributed by atoms with Crippen LogP contribution in [0.1, 0.15) is 45.4 Å². The van der Waals surface area contributed by atoms with Crippen molar-refractivity contribution in [3.8, 4) is 0 Å². The highest BCUT2D eigenvalue weighted by molar-refractivity contribution is 5.85. The molecular formula is C17H33ClN2O3. The number of nitrogens with one attached hydrogen (secondary N) is 2. The fourth-order valence-electron chi connectivity index (χ4n) is 3.71. The van der Waals surface area contributed by atoms with E-state index >= 15 is 0 Å². The van der Waals surface area contributed by atoms with E-state index in [4.69, 9.17) is 9.47 Å². The monoisotopic (exact) mass is 348 g/mol. The van der Waals surface area contributed by atoms with E-state index in [0.717, 1.165) is 32.4 Å². The minimum Gasteiger partial charge on any atom is -0.384 e. The summed E-state index contributed by atoms with van der Waals surface area (Å²) in [6, 6.07) is 0. The van der Waals surface area contributed by atoms with E-state index in [9.17, 15) is 4.79 Å². The molecule has 0 aromatic carbocycles. The lowest BCUT2D eigenvalue weighted by Gasteiger charge is -2.35. The van der Waals surface area contributed by atoms with Crippen LogP contribution in [0.25, 0.3) is 0 Å². The van der Waals surface area contributed by atoms with Gasteiger partial charge in [-0.3, -0.25) is 4.79 Å². The fourth-order valence-corrected chi connectivity index (χ4v) is 3.71. The van der Waals surface area contributed by atoms with Gasteiger partial charge in [0.25, 0.3) is 0 Å². The molecule has 23 heavy (non-hydrogen) atoms.